The zero-order chi connectivity index (χ0) is 18.8. The lowest BCUT2D eigenvalue weighted by molar-refractivity contribution is 0.578. The van der Waals surface area contributed by atoms with E-state index in [2.05, 4.69) is 19.9 Å². The standard InChI is InChI=1S/C12H14N4.4C2H6/c1-2-8-16(9-3-1)10-4-5-14-12-11(10)13-6-7-15-12;4*1-2/h4-7H,1-3,8-9H2;4*1-2H3. The first-order chi connectivity index (χ1) is 11.9. The van der Waals surface area contributed by atoms with Gasteiger partial charge in [0.15, 0.2) is 5.65 Å². The predicted octanol–water partition coefficient (Wildman–Crippen LogP) is 6.12. The highest BCUT2D eigenvalue weighted by Crippen LogP contribution is 2.24. The van der Waals surface area contributed by atoms with Gasteiger partial charge in [0.1, 0.15) is 5.52 Å². The second kappa shape index (κ2) is 17.6. The summed E-state index contributed by atoms with van der Waals surface area (Å²) in [4.78, 5) is 15.3. The van der Waals surface area contributed by atoms with E-state index in [4.69, 9.17) is 0 Å². The quantitative estimate of drug-likeness (QED) is 0.630. The summed E-state index contributed by atoms with van der Waals surface area (Å²) < 4.78 is 0. The maximum atomic E-state index is 4.39. The Kier molecular flexibility index (Phi) is 18.0. The number of hydrogen-bond donors (Lipinski definition) is 0. The summed E-state index contributed by atoms with van der Waals surface area (Å²) in [5, 5.41) is 0. The first kappa shape index (κ1) is 24.5. The van der Waals surface area contributed by atoms with Crippen molar-refractivity contribution in [3.05, 3.63) is 24.7 Å². The van der Waals surface area contributed by atoms with E-state index in [0.717, 1.165) is 24.3 Å². The van der Waals surface area contributed by atoms with Crippen LogP contribution in [0.1, 0.15) is 74.7 Å². The number of aromatic nitrogens is 3. The number of piperidine rings is 1. The Balaban J connectivity index is 0. The molecule has 3 rings (SSSR count). The summed E-state index contributed by atoms with van der Waals surface area (Å²) in [5.74, 6) is 0. The highest BCUT2D eigenvalue weighted by molar-refractivity contribution is 5.84. The molecule has 0 unspecified atom stereocenters. The molecule has 2 aromatic heterocycles. The van der Waals surface area contributed by atoms with Crippen LogP contribution in [0.25, 0.3) is 11.2 Å². The van der Waals surface area contributed by atoms with Gasteiger partial charge in [-0.1, -0.05) is 55.4 Å². The molecule has 3 heterocycles. The van der Waals surface area contributed by atoms with E-state index in [1.54, 1.807) is 12.4 Å². The highest BCUT2D eigenvalue weighted by atomic mass is 15.1. The molecule has 1 saturated heterocycles. The van der Waals surface area contributed by atoms with E-state index in [9.17, 15) is 0 Å². The zero-order valence-corrected chi connectivity index (χ0v) is 17.1. The first-order valence-electron chi connectivity index (χ1n) is 9.76. The predicted molar refractivity (Wildman–Crippen MR) is 109 cm³/mol. The van der Waals surface area contributed by atoms with Gasteiger partial charge in [0.25, 0.3) is 0 Å². The SMILES string of the molecule is CC.CC.CC.CC.c1cnc2c(N3CCCCC3)ccnc2n1. The van der Waals surface area contributed by atoms with Crippen molar-refractivity contribution in [1.82, 2.24) is 15.0 Å². The van der Waals surface area contributed by atoms with Crippen LogP contribution in [0, 0.1) is 0 Å². The van der Waals surface area contributed by atoms with Crippen molar-refractivity contribution in [2.45, 2.75) is 74.7 Å². The normalized spacial score (nSPS) is 12.1. The Hall–Kier alpha value is -1.71. The van der Waals surface area contributed by atoms with Crippen LogP contribution in [0.5, 0.6) is 0 Å². The fourth-order valence-corrected chi connectivity index (χ4v) is 2.25. The number of rotatable bonds is 1. The van der Waals surface area contributed by atoms with Gasteiger partial charge in [-0.25, -0.2) is 15.0 Å². The maximum absolute atomic E-state index is 4.39. The van der Waals surface area contributed by atoms with Crippen molar-refractivity contribution < 1.29 is 0 Å². The minimum absolute atomic E-state index is 0.741. The van der Waals surface area contributed by atoms with Crippen LogP contribution in [0.4, 0.5) is 5.69 Å². The molecule has 0 aliphatic carbocycles. The zero-order valence-electron chi connectivity index (χ0n) is 17.1. The van der Waals surface area contributed by atoms with E-state index >= 15 is 0 Å². The van der Waals surface area contributed by atoms with Gasteiger partial charge in [0, 0.05) is 31.7 Å². The summed E-state index contributed by atoms with van der Waals surface area (Å²) >= 11 is 0. The molecule has 1 fully saturated rings. The molecule has 0 amide bonds. The fraction of sp³-hybridized carbons (Fsp3) is 0.650. The van der Waals surface area contributed by atoms with E-state index in [-0.39, 0.29) is 0 Å². The van der Waals surface area contributed by atoms with Crippen molar-refractivity contribution in [1.29, 1.82) is 0 Å². The largest absolute Gasteiger partial charge is 0.370 e. The molecule has 0 N–H and O–H groups in total. The third kappa shape index (κ3) is 7.71. The molecule has 0 saturated carbocycles. The molecule has 24 heavy (non-hydrogen) atoms. The van der Waals surface area contributed by atoms with Crippen LogP contribution in [0.15, 0.2) is 24.7 Å². The monoisotopic (exact) mass is 334 g/mol. The second-order valence-electron chi connectivity index (χ2n) is 4.11. The van der Waals surface area contributed by atoms with Gasteiger partial charge >= 0.3 is 0 Å². The molecule has 138 valence electrons. The van der Waals surface area contributed by atoms with Gasteiger partial charge in [-0.3, -0.25) is 0 Å². The van der Waals surface area contributed by atoms with Crippen molar-refractivity contribution in [3.8, 4) is 0 Å². The minimum Gasteiger partial charge on any atom is -0.370 e. The van der Waals surface area contributed by atoms with Crippen LogP contribution in [-0.2, 0) is 0 Å². The minimum atomic E-state index is 0.741. The van der Waals surface area contributed by atoms with Crippen molar-refractivity contribution in [3.63, 3.8) is 0 Å². The molecule has 0 bridgehead atoms. The number of nitrogens with zero attached hydrogens (tertiary/aromatic N) is 4. The Morgan fingerprint density at radius 2 is 1.17 bits per heavy atom. The number of fused-ring (bicyclic) bond motifs is 1. The van der Waals surface area contributed by atoms with Crippen LogP contribution in [-0.4, -0.2) is 28.0 Å². The summed E-state index contributed by atoms with van der Waals surface area (Å²) in [6.45, 7) is 18.2. The van der Waals surface area contributed by atoms with Crippen LogP contribution in [0.2, 0.25) is 0 Å². The van der Waals surface area contributed by atoms with Crippen LogP contribution < -0.4 is 4.90 Å². The lowest BCUT2D eigenvalue weighted by Crippen LogP contribution is -2.29. The molecule has 0 atom stereocenters. The number of anilines is 1. The fourth-order valence-electron chi connectivity index (χ4n) is 2.25. The van der Waals surface area contributed by atoms with E-state index < -0.39 is 0 Å². The third-order valence-electron chi connectivity index (χ3n) is 3.05. The Morgan fingerprint density at radius 1 is 0.667 bits per heavy atom. The summed E-state index contributed by atoms with van der Waals surface area (Å²) in [6, 6.07) is 2.04. The number of pyridine rings is 1. The third-order valence-corrected chi connectivity index (χ3v) is 3.05. The average Bonchev–Trinajstić information content (AvgIpc) is 2.74. The van der Waals surface area contributed by atoms with E-state index in [0.29, 0.717) is 0 Å². The smallest absolute Gasteiger partial charge is 0.180 e. The van der Waals surface area contributed by atoms with Gasteiger partial charge in [-0.15, -0.1) is 0 Å². The van der Waals surface area contributed by atoms with Crippen molar-refractivity contribution in [2.24, 2.45) is 0 Å². The molecular formula is C20H38N4. The lowest BCUT2D eigenvalue weighted by atomic mass is 10.1. The second-order valence-corrected chi connectivity index (χ2v) is 4.11. The van der Waals surface area contributed by atoms with Gasteiger partial charge in [-0.05, 0) is 25.3 Å². The van der Waals surface area contributed by atoms with E-state index in [1.807, 2.05) is 67.7 Å². The lowest BCUT2D eigenvalue weighted by Gasteiger charge is -2.28. The van der Waals surface area contributed by atoms with Crippen LogP contribution >= 0.6 is 0 Å². The summed E-state index contributed by atoms with van der Waals surface area (Å²) in [5.41, 5.74) is 2.84. The maximum Gasteiger partial charge on any atom is 0.180 e. The molecule has 4 heteroatoms. The Morgan fingerprint density at radius 3 is 1.75 bits per heavy atom. The topological polar surface area (TPSA) is 41.9 Å². The number of hydrogen-bond acceptors (Lipinski definition) is 4. The van der Waals surface area contributed by atoms with Gasteiger partial charge in [-0.2, -0.15) is 0 Å². The van der Waals surface area contributed by atoms with Gasteiger partial charge in [0.05, 0.1) is 5.69 Å². The first-order valence-corrected chi connectivity index (χ1v) is 9.76. The summed E-state index contributed by atoms with van der Waals surface area (Å²) in [7, 11) is 0. The molecule has 2 aromatic rings. The van der Waals surface area contributed by atoms with Crippen molar-refractivity contribution in [2.75, 3.05) is 18.0 Å². The van der Waals surface area contributed by atoms with Crippen molar-refractivity contribution >= 4 is 16.9 Å². The molecule has 0 aromatic carbocycles. The molecule has 0 spiro atoms. The van der Waals surface area contributed by atoms with E-state index in [1.165, 1.54) is 24.9 Å². The Bertz CT molecular complexity index is 488. The summed E-state index contributed by atoms with van der Waals surface area (Å²) in [6.07, 6.45) is 9.12. The van der Waals surface area contributed by atoms with Gasteiger partial charge in [0.2, 0.25) is 0 Å². The molecule has 1 aliphatic heterocycles. The van der Waals surface area contributed by atoms with Crippen LogP contribution in [0.3, 0.4) is 0 Å². The molecule has 0 radical (unpaired) electrons. The molecule has 1 aliphatic rings. The highest BCUT2D eigenvalue weighted by Gasteiger charge is 2.14. The Labute approximate surface area is 149 Å². The average molecular weight is 335 g/mol. The molecular weight excluding hydrogens is 296 g/mol. The molecule has 4 nitrogen and oxygen atoms in total. The van der Waals surface area contributed by atoms with Gasteiger partial charge < -0.3 is 4.90 Å².